The molecule has 0 radical (unpaired) electrons. The van der Waals surface area contributed by atoms with E-state index in [4.69, 9.17) is 39.2 Å². The third kappa shape index (κ3) is 16.5. The predicted molar refractivity (Wildman–Crippen MR) is 284 cm³/mol. The summed E-state index contributed by atoms with van der Waals surface area (Å²) in [6.07, 6.45) is 29.1. The Balaban J connectivity index is 1.48. The highest BCUT2D eigenvalue weighted by atomic mass is 35.5. The number of nitrogens with zero attached hydrogens (tertiary/aromatic N) is 4. The van der Waals surface area contributed by atoms with Crippen molar-refractivity contribution in [2.75, 3.05) is 13.2 Å². The molecule has 0 aliphatic rings. The van der Waals surface area contributed by atoms with Gasteiger partial charge in [0.1, 0.15) is 11.6 Å². The normalized spacial score (nSPS) is 11.3. The van der Waals surface area contributed by atoms with Gasteiger partial charge in [-0.3, -0.25) is 14.2 Å². The molecule has 2 N–H and O–H groups in total. The van der Waals surface area contributed by atoms with Crippen molar-refractivity contribution in [3.8, 4) is 29.2 Å². The minimum Gasteiger partial charge on any atom is -0.494 e. The van der Waals surface area contributed by atoms with Crippen molar-refractivity contribution in [2.24, 2.45) is 0 Å². The van der Waals surface area contributed by atoms with Crippen LogP contribution >= 0.6 is 23.2 Å². The summed E-state index contributed by atoms with van der Waals surface area (Å²) in [6, 6.07) is 10.4. The number of hydrogen-bond acceptors (Lipinski definition) is 9. The fourth-order valence-corrected chi connectivity index (χ4v) is 8.87. The van der Waals surface area contributed by atoms with Gasteiger partial charge in [0, 0.05) is 11.1 Å². The van der Waals surface area contributed by atoms with Gasteiger partial charge in [0.05, 0.1) is 52.3 Å². The molecular formula is C57H70Cl2N4O8. The standard InChI is InChI=1S/C57H70Cl2N4O8/c1-6-8-10-12-14-16-18-20-22-27-35-70-56(68)42-31-33-47(58)49(37-42)62-52(64)44(40(3)46(39-60)54(62)66)29-25-24-26-30-45-41(4)51(61-5)55(67)63(53(45)65)50-38-43(32-34-48(50)59)57(69)71-36-28-23-21-19-17-15-13-11-9-7-2/h24-26,29,31-34,37-38,64-65H,6-23,27-28,30,35-36H2,1-4H3. The summed E-state index contributed by atoms with van der Waals surface area (Å²) in [5.41, 5.74) is -1.14. The van der Waals surface area contributed by atoms with E-state index in [0.29, 0.717) is 6.42 Å². The second-order valence-electron chi connectivity index (χ2n) is 18.0. The number of rotatable bonds is 30. The van der Waals surface area contributed by atoms with Crippen molar-refractivity contribution in [1.29, 1.82) is 5.26 Å². The third-order valence-corrected chi connectivity index (χ3v) is 13.3. The van der Waals surface area contributed by atoms with Gasteiger partial charge in [0.25, 0.3) is 16.8 Å². The minimum absolute atomic E-state index is 0.00109. The fraction of sp³-hybridized carbons (Fsp3) is 0.474. The SMILES string of the molecule is [C-]#[N+]c1c(C)c(CC=CC=Cc2c(C)c(C#N)c(=O)n(-c3cc(C(=O)OCCCCCCCCCCCC)ccc3Cl)c2O)c(O)n(-c2cc(C(=O)OCCCCCCCCCCCC)ccc2Cl)c1=O. The van der Waals surface area contributed by atoms with E-state index in [1.165, 1.54) is 126 Å². The van der Waals surface area contributed by atoms with Crippen LogP contribution in [0.2, 0.25) is 10.0 Å². The number of pyridine rings is 2. The third-order valence-electron chi connectivity index (χ3n) is 12.7. The summed E-state index contributed by atoms with van der Waals surface area (Å²) in [6.45, 7) is 15.8. The number of allylic oxidation sites excluding steroid dienone is 3. The maximum Gasteiger partial charge on any atom is 0.338 e. The number of carbonyl (C=O) groups is 2. The van der Waals surface area contributed by atoms with Crippen molar-refractivity contribution < 1.29 is 29.3 Å². The quantitative estimate of drug-likeness (QED) is 0.0224. The molecule has 0 aliphatic heterocycles. The summed E-state index contributed by atoms with van der Waals surface area (Å²) < 4.78 is 12.9. The summed E-state index contributed by atoms with van der Waals surface area (Å²) in [5.74, 6) is -2.23. The molecule has 2 heterocycles. The van der Waals surface area contributed by atoms with E-state index in [9.17, 15) is 34.7 Å². The maximum absolute atomic E-state index is 13.7. The zero-order valence-corrected chi connectivity index (χ0v) is 43.4. The molecule has 380 valence electrons. The van der Waals surface area contributed by atoms with Crippen LogP contribution < -0.4 is 11.1 Å². The predicted octanol–water partition coefficient (Wildman–Crippen LogP) is 14.7. The minimum atomic E-state index is -0.837. The Morgan fingerprint density at radius 1 is 0.662 bits per heavy atom. The number of hydrogen-bond donors (Lipinski definition) is 2. The van der Waals surface area contributed by atoms with Gasteiger partial charge in [-0.1, -0.05) is 171 Å². The largest absolute Gasteiger partial charge is 0.494 e. The van der Waals surface area contributed by atoms with Crippen molar-refractivity contribution in [3.63, 3.8) is 0 Å². The number of halogens is 2. The Morgan fingerprint density at radius 2 is 1.10 bits per heavy atom. The molecule has 14 heteroatoms. The summed E-state index contributed by atoms with van der Waals surface area (Å²) >= 11 is 13.1. The zero-order valence-electron chi connectivity index (χ0n) is 41.9. The van der Waals surface area contributed by atoms with Gasteiger partial charge in [0.2, 0.25) is 5.88 Å². The lowest BCUT2D eigenvalue weighted by atomic mass is 10.0. The first kappa shape index (κ1) is 57.5. The summed E-state index contributed by atoms with van der Waals surface area (Å²) in [7, 11) is 0. The average Bonchev–Trinajstić information content (AvgIpc) is 3.35. The van der Waals surface area contributed by atoms with Gasteiger partial charge in [-0.2, -0.15) is 5.26 Å². The van der Waals surface area contributed by atoms with Gasteiger partial charge in [-0.05, 0) is 86.7 Å². The molecule has 4 rings (SSSR count). The monoisotopic (exact) mass is 1010 g/mol. The molecule has 2 aromatic heterocycles. The zero-order chi connectivity index (χ0) is 51.7. The van der Waals surface area contributed by atoms with E-state index in [1.807, 2.05) is 6.07 Å². The lowest BCUT2D eigenvalue weighted by molar-refractivity contribution is 0.0488. The Labute approximate surface area is 429 Å². The first-order valence-corrected chi connectivity index (χ1v) is 26.1. The van der Waals surface area contributed by atoms with Crippen molar-refractivity contribution in [3.05, 3.63) is 136 Å². The first-order valence-electron chi connectivity index (χ1n) is 25.3. The Bertz CT molecular complexity index is 2710. The van der Waals surface area contributed by atoms with Crippen LogP contribution in [0.25, 0.3) is 22.3 Å². The molecule has 12 nitrogen and oxygen atoms in total. The van der Waals surface area contributed by atoms with Gasteiger partial charge >= 0.3 is 11.9 Å². The smallest absolute Gasteiger partial charge is 0.338 e. The lowest BCUT2D eigenvalue weighted by Crippen LogP contribution is -2.24. The molecular weight excluding hydrogens is 940 g/mol. The van der Waals surface area contributed by atoms with Crippen molar-refractivity contribution >= 4 is 46.9 Å². The summed E-state index contributed by atoms with van der Waals surface area (Å²) in [5, 5.41) is 33.3. The summed E-state index contributed by atoms with van der Waals surface area (Å²) in [4.78, 5) is 57.0. The van der Waals surface area contributed by atoms with E-state index >= 15 is 0 Å². The van der Waals surface area contributed by atoms with E-state index in [0.717, 1.165) is 54.1 Å². The van der Waals surface area contributed by atoms with Crippen LogP contribution in [-0.2, 0) is 15.9 Å². The number of benzene rings is 2. The molecule has 0 unspecified atom stereocenters. The molecule has 0 bridgehead atoms. The Morgan fingerprint density at radius 3 is 1.54 bits per heavy atom. The lowest BCUT2D eigenvalue weighted by Gasteiger charge is -2.17. The van der Waals surface area contributed by atoms with Crippen LogP contribution in [0.1, 0.15) is 191 Å². The highest BCUT2D eigenvalue weighted by Crippen LogP contribution is 2.33. The Hall–Kier alpha value is -6.08. The molecule has 4 aromatic rings. The van der Waals surface area contributed by atoms with Gasteiger partial charge in [-0.25, -0.2) is 19.0 Å². The molecule has 71 heavy (non-hydrogen) atoms. The van der Waals surface area contributed by atoms with Crippen molar-refractivity contribution in [2.45, 2.75) is 163 Å². The number of carbonyl (C=O) groups excluding carboxylic acids is 2. The van der Waals surface area contributed by atoms with Gasteiger partial charge in [-0.15, -0.1) is 0 Å². The molecule has 0 fully saturated rings. The fourth-order valence-electron chi connectivity index (χ4n) is 8.47. The second kappa shape index (κ2) is 30.6. The number of esters is 2. The van der Waals surface area contributed by atoms with Crippen LogP contribution in [-0.4, -0.2) is 44.5 Å². The van der Waals surface area contributed by atoms with Gasteiger partial charge in [0.15, 0.2) is 5.88 Å². The molecule has 0 saturated carbocycles. The van der Waals surface area contributed by atoms with Crippen LogP contribution in [0.15, 0.2) is 64.2 Å². The number of unbranched alkanes of at least 4 members (excludes halogenated alkanes) is 18. The molecule has 0 amide bonds. The maximum atomic E-state index is 13.7. The highest BCUT2D eigenvalue weighted by Gasteiger charge is 2.24. The number of ether oxygens (including phenoxy) is 2. The van der Waals surface area contributed by atoms with E-state index < -0.39 is 34.8 Å². The number of nitriles is 1. The van der Waals surface area contributed by atoms with E-state index in [2.05, 4.69) is 18.7 Å². The number of aromatic nitrogens is 2. The molecule has 0 saturated heterocycles. The Kier molecular flexibility index (Phi) is 24.8. The highest BCUT2D eigenvalue weighted by molar-refractivity contribution is 6.33. The first-order chi connectivity index (χ1) is 34.3. The van der Waals surface area contributed by atoms with Crippen molar-refractivity contribution in [1.82, 2.24) is 9.13 Å². The second-order valence-corrected chi connectivity index (χ2v) is 18.8. The molecule has 2 aromatic carbocycles. The van der Waals surface area contributed by atoms with Crippen LogP contribution in [0.5, 0.6) is 11.8 Å². The van der Waals surface area contributed by atoms with Crippen LogP contribution in [0, 0.1) is 31.8 Å². The van der Waals surface area contributed by atoms with E-state index in [-0.39, 0.29) is 85.7 Å². The van der Waals surface area contributed by atoms with Crippen LogP contribution in [0.4, 0.5) is 5.69 Å². The van der Waals surface area contributed by atoms with E-state index in [1.54, 1.807) is 25.2 Å². The van der Waals surface area contributed by atoms with Gasteiger partial charge < -0.3 is 19.7 Å². The molecule has 0 aliphatic carbocycles. The molecule has 0 spiro atoms. The topological polar surface area (TPSA) is 165 Å². The average molecular weight is 1010 g/mol. The molecule has 0 atom stereocenters. The number of aromatic hydroxyl groups is 2. The van der Waals surface area contributed by atoms with Crippen LogP contribution in [0.3, 0.4) is 0 Å².